The van der Waals surface area contributed by atoms with Crippen LogP contribution in [0.2, 0.25) is 0 Å². The van der Waals surface area contributed by atoms with E-state index in [0.717, 1.165) is 67.0 Å². The number of anilines is 4. The number of benzene rings is 1. The van der Waals surface area contributed by atoms with Gasteiger partial charge in [-0.1, -0.05) is 6.07 Å². The zero-order valence-corrected chi connectivity index (χ0v) is 17.3. The number of rotatable bonds is 8. The molecule has 0 unspecified atom stereocenters. The third kappa shape index (κ3) is 5.80. The van der Waals surface area contributed by atoms with Crippen LogP contribution in [0.4, 0.5) is 27.9 Å². The van der Waals surface area contributed by atoms with Crippen LogP contribution in [0.25, 0.3) is 0 Å². The lowest BCUT2D eigenvalue weighted by Gasteiger charge is -2.16. The van der Waals surface area contributed by atoms with Crippen molar-refractivity contribution in [3.05, 3.63) is 34.9 Å². The van der Waals surface area contributed by atoms with E-state index in [2.05, 4.69) is 41.8 Å². The van der Waals surface area contributed by atoms with Gasteiger partial charge in [-0.2, -0.15) is 4.98 Å². The van der Waals surface area contributed by atoms with Crippen molar-refractivity contribution in [1.29, 1.82) is 0 Å². The van der Waals surface area contributed by atoms with Crippen molar-refractivity contribution in [3.8, 4) is 0 Å². The summed E-state index contributed by atoms with van der Waals surface area (Å²) in [7, 11) is 0. The molecule has 1 aliphatic heterocycles. The Hall–Kier alpha value is -2.39. The minimum Gasteiger partial charge on any atom is -0.369 e. The van der Waals surface area contributed by atoms with Crippen LogP contribution in [0.5, 0.6) is 0 Å². The number of hydrogen-bond donors (Lipinski definition) is 4. The average molecular weight is 448 g/mol. The lowest BCUT2D eigenvalue weighted by Crippen LogP contribution is -2.32. The van der Waals surface area contributed by atoms with Crippen LogP contribution in [0, 0.1) is 0 Å². The topological polar surface area (TPSA) is 108 Å². The van der Waals surface area contributed by atoms with Crippen molar-refractivity contribution in [3.63, 3.8) is 0 Å². The van der Waals surface area contributed by atoms with E-state index in [1.807, 2.05) is 29.2 Å². The van der Waals surface area contributed by atoms with Gasteiger partial charge in [-0.05, 0) is 66.4 Å². The molecule has 2 amide bonds. The molecule has 0 spiro atoms. The van der Waals surface area contributed by atoms with E-state index in [9.17, 15) is 4.79 Å². The molecule has 0 atom stereocenters. The molecule has 8 nitrogen and oxygen atoms in total. The molecule has 0 aliphatic carbocycles. The van der Waals surface area contributed by atoms with Gasteiger partial charge in [0.15, 0.2) is 0 Å². The summed E-state index contributed by atoms with van der Waals surface area (Å²) in [5.74, 6) is 1.21. The summed E-state index contributed by atoms with van der Waals surface area (Å²) in [4.78, 5) is 22.9. The lowest BCUT2D eigenvalue weighted by molar-refractivity contribution is 0.222. The molecule has 5 N–H and O–H groups in total. The molecule has 0 radical (unpaired) electrons. The van der Waals surface area contributed by atoms with Gasteiger partial charge in [-0.15, -0.1) is 0 Å². The molecule has 1 aromatic carbocycles. The highest BCUT2D eigenvalue weighted by Crippen LogP contribution is 2.23. The normalized spacial score (nSPS) is 13.4. The summed E-state index contributed by atoms with van der Waals surface area (Å²) < 4.78 is 0.803. The first-order valence-electron chi connectivity index (χ1n) is 9.55. The molecule has 1 aromatic heterocycles. The van der Waals surface area contributed by atoms with Crippen LogP contribution in [-0.4, -0.2) is 47.1 Å². The maximum atomic E-state index is 12.3. The van der Waals surface area contributed by atoms with E-state index in [1.165, 1.54) is 0 Å². The Kier molecular flexibility index (Phi) is 7.44. The number of likely N-dealkylation sites (tertiary alicyclic amines) is 1. The summed E-state index contributed by atoms with van der Waals surface area (Å²) in [6, 6.07) is 7.47. The Labute approximate surface area is 173 Å². The SMILES string of the molecule is NCCCCNc1nc(Nc2cccc(NC(=O)N3CCCC3)c2)ncc1Br. The van der Waals surface area contributed by atoms with Crippen molar-refractivity contribution < 1.29 is 4.79 Å². The standard InChI is InChI=1S/C19H26BrN7O/c20-16-13-23-18(26-17(16)22-9-2-1-8-21)24-14-6-5-7-15(12-14)25-19(28)27-10-3-4-11-27/h5-7,12-13H,1-4,8-11,21H2,(H,25,28)(H2,22,23,24,26). The highest BCUT2D eigenvalue weighted by Gasteiger charge is 2.17. The molecule has 3 rings (SSSR count). The summed E-state index contributed by atoms with van der Waals surface area (Å²) in [5, 5.41) is 9.42. The monoisotopic (exact) mass is 447 g/mol. The number of amides is 2. The van der Waals surface area contributed by atoms with Crippen LogP contribution in [0.15, 0.2) is 34.9 Å². The first-order valence-corrected chi connectivity index (χ1v) is 10.3. The third-order valence-electron chi connectivity index (χ3n) is 4.43. The third-order valence-corrected chi connectivity index (χ3v) is 5.01. The van der Waals surface area contributed by atoms with Crippen LogP contribution < -0.4 is 21.7 Å². The second-order valence-electron chi connectivity index (χ2n) is 6.64. The first kappa shape index (κ1) is 20.3. The van der Waals surface area contributed by atoms with Crippen LogP contribution in [-0.2, 0) is 0 Å². The number of nitrogens with one attached hydrogen (secondary N) is 3. The van der Waals surface area contributed by atoms with Gasteiger partial charge in [0.05, 0.1) is 4.47 Å². The van der Waals surface area contributed by atoms with E-state index in [1.54, 1.807) is 6.20 Å². The average Bonchev–Trinajstić information content (AvgIpc) is 3.23. The molecular weight excluding hydrogens is 422 g/mol. The maximum absolute atomic E-state index is 12.3. The first-order chi connectivity index (χ1) is 13.7. The molecule has 1 fully saturated rings. The van der Waals surface area contributed by atoms with Gasteiger partial charge in [0.25, 0.3) is 0 Å². The van der Waals surface area contributed by atoms with Gasteiger partial charge >= 0.3 is 6.03 Å². The fraction of sp³-hybridized carbons (Fsp3) is 0.421. The fourth-order valence-corrected chi connectivity index (χ4v) is 3.29. The molecule has 150 valence electrons. The molecular formula is C19H26BrN7O. The molecule has 2 aromatic rings. The second kappa shape index (κ2) is 10.2. The highest BCUT2D eigenvalue weighted by molar-refractivity contribution is 9.10. The van der Waals surface area contributed by atoms with E-state index >= 15 is 0 Å². The second-order valence-corrected chi connectivity index (χ2v) is 7.50. The largest absolute Gasteiger partial charge is 0.369 e. The maximum Gasteiger partial charge on any atom is 0.321 e. The van der Waals surface area contributed by atoms with E-state index in [4.69, 9.17) is 5.73 Å². The molecule has 28 heavy (non-hydrogen) atoms. The fourth-order valence-electron chi connectivity index (χ4n) is 2.95. The van der Waals surface area contributed by atoms with E-state index < -0.39 is 0 Å². The number of hydrogen-bond acceptors (Lipinski definition) is 6. The Balaban J connectivity index is 1.62. The molecule has 0 saturated carbocycles. The minimum absolute atomic E-state index is 0.0569. The predicted octanol–water partition coefficient (Wildman–Crippen LogP) is 3.76. The summed E-state index contributed by atoms with van der Waals surface area (Å²) >= 11 is 3.46. The summed E-state index contributed by atoms with van der Waals surface area (Å²) in [5.41, 5.74) is 7.06. The Morgan fingerprint density at radius 3 is 2.79 bits per heavy atom. The summed E-state index contributed by atoms with van der Waals surface area (Å²) in [6.45, 7) is 3.11. The minimum atomic E-state index is -0.0569. The van der Waals surface area contributed by atoms with Crippen molar-refractivity contribution in [2.45, 2.75) is 25.7 Å². The smallest absolute Gasteiger partial charge is 0.321 e. The van der Waals surface area contributed by atoms with Gasteiger partial charge in [0, 0.05) is 37.2 Å². The van der Waals surface area contributed by atoms with Crippen molar-refractivity contribution in [2.24, 2.45) is 5.73 Å². The van der Waals surface area contributed by atoms with Crippen LogP contribution in [0.3, 0.4) is 0 Å². The van der Waals surface area contributed by atoms with Crippen molar-refractivity contribution >= 4 is 45.1 Å². The highest BCUT2D eigenvalue weighted by atomic mass is 79.9. The molecule has 9 heteroatoms. The number of unbranched alkanes of at least 4 members (excludes halogenated alkanes) is 1. The number of aromatic nitrogens is 2. The number of nitrogens with two attached hydrogens (primary N) is 1. The van der Waals surface area contributed by atoms with E-state index in [0.29, 0.717) is 12.5 Å². The predicted molar refractivity (Wildman–Crippen MR) is 116 cm³/mol. The quantitative estimate of drug-likeness (QED) is 0.458. The van der Waals surface area contributed by atoms with Crippen molar-refractivity contribution in [1.82, 2.24) is 14.9 Å². The van der Waals surface area contributed by atoms with Gasteiger partial charge in [0.2, 0.25) is 5.95 Å². The van der Waals surface area contributed by atoms with Gasteiger partial charge in [-0.3, -0.25) is 0 Å². The summed E-state index contributed by atoms with van der Waals surface area (Å²) in [6.07, 6.45) is 5.79. The zero-order chi connectivity index (χ0) is 19.8. The number of urea groups is 1. The lowest BCUT2D eigenvalue weighted by atomic mass is 10.3. The van der Waals surface area contributed by atoms with Gasteiger partial charge in [-0.25, -0.2) is 9.78 Å². The Morgan fingerprint density at radius 2 is 2.00 bits per heavy atom. The number of halogens is 1. The number of carbonyl (C=O) groups excluding carboxylic acids is 1. The molecule has 1 aliphatic rings. The van der Waals surface area contributed by atoms with Crippen molar-refractivity contribution in [2.75, 3.05) is 42.1 Å². The Morgan fingerprint density at radius 1 is 1.21 bits per heavy atom. The van der Waals surface area contributed by atoms with Gasteiger partial charge in [0.1, 0.15) is 5.82 Å². The Bertz CT molecular complexity index is 796. The van der Waals surface area contributed by atoms with E-state index in [-0.39, 0.29) is 6.03 Å². The number of nitrogens with zero attached hydrogens (tertiary/aromatic N) is 3. The molecule has 0 bridgehead atoms. The van der Waals surface area contributed by atoms with Crippen LogP contribution >= 0.6 is 15.9 Å². The van der Waals surface area contributed by atoms with Gasteiger partial charge < -0.3 is 26.6 Å². The van der Waals surface area contributed by atoms with Crippen LogP contribution in [0.1, 0.15) is 25.7 Å². The molecule has 2 heterocycles. The number of carbonyl (C=O) groups is 1. The molecule has 1 saturated heterocycles. The zero-order valence-electron chi connectivity index (χ0n) is 15.7.